The largest absolute Gasteiger partial charge is 1.00 e. The smallest absolute Gasteiger partial charge is 0.871 e. The van der Waals surface area contributed by atoms with Gasteiger partial charge in [0.2, 0.25) is 0 Å². The Morgan fingerprint density at radius 1 is 0.967 bits per heavy atom. The van der Waals surface area contributed by atoms with Crippen molar-refractivity contribution in [2.75, 3.05) is 0 Å². The summed E-state index contributed by atoms with van der Waals surface area (Å²) in [7, 11) is 0. The average molecular weight is 642 g/mol. The van der Waals surface area contributed by atoms with Gasteiger partial charge in [-0.1, -0.05) is 85.8 Å². The molecule has 2 aromatic carbocycles. The molecule has 0 saturated heterocycles. The summed E-state index contributed by atoms with van der Waals surface area (Å²) in [4.78, 5) is 11.9. The molecule has 0 N–H and O–H groups in total. The molecule has 0 bridgehead atoms. The summed E-state index contributed by atoms with van der Waals surface area (Å²) in [5.41, 5.74) is 1.03. The van der Waals surface area contributed by atoms with Gasteiger partial charge in [-0.25, -0.2) is 0 Å². The maximum atomic E-state index is 12.4. The summed E-state index contributed by atoms with van der Waals surface area (Å²) in [6.07, 6.45) is 4.49. The minimum Gasteiger partial charge on any atom is -0.871 e. The Labute approximate surface area is 235 Å². The van der Waals surface area contributed by atoms with E-state index in [9.17, 15) is 9.90 Å². The van der Waals surface area contributed by atoms with E-state index in [1.165, 1.54) is 12.2 Å². The van der Waals surface area contributed by atoms with Gasteiger partial charge in [0.1, 0.15) is 11.5 Å². The maximum Gasteiger partial charge on any atom is 1.00 e. The van der Waals surface area contributed by atoms with Crippen molar-refractivity contribution in [1.82, 2.24) is 0 Å². The number of ether oxygens (including phenoxy) is 1. The van der Waals surface area contributed by atoms with Crippen LogP contribution in [0.1, 0.15) is 17.0 Å². The Hall–Kier alpha value is 0.600. The van der Waals surface area contributed by atoms with E-state index >= 15 is 0 Å². The second kappa shape index (κ2) is 9.46. The van der Waals surface area contributed by atoms with Gasteiger partial charge in [0, 0.05) is 33.5 Å². The van der Waals surface area contributed by atoms with E-state index in [1.807, 2.05) is 0 Å². The number of fused-ring (bicyclic) bond motifs is 2. The number of ketones is 1. The number of hydrogen-bond acceptors (Lipinski definition) is 3. The van der Waals surface area contributed by atoms with E-state index in [4.69, 9.17) is 62.7 Å². The fourth-order valence-corrected chi connectivity index (χ4v) is 6.05. The Morgan fingerprint density at radius 3 is 2.13 bits per heavy atom. The summed E-state index contributed by atoms with van der Waals surface area (Å²) < 4.78 is 6.45. The molecule has 2 atom stereocenters. The molecule has 2 aromatic rings. The van der Waals surface area contributed by atoms with E-state index in [0.29, 0.717) is 21.4 Å². The number of halogens is 7. The second-order valence-electron chi connectivity index (χ2n) is 6.32. The van der Waals surface area contributed by atoms with Crippen molar-refractivity contribution in [3.8, 4) is 11.5 Å². The van der Waals surface area contributed by atoms with Crippen LogP contribution in [0, 0.1) is 5.92 Å². The second-order valence-corrected chi connectivity index (χ2v) is 9.85. The van der Waals surface area contributed by atoms with Crippen molar-refractivity contribution in [3.63, 3.8) is 0 Å². The zero-order valence-electron chi connectivity index (χ0n) is 14.8. The summed E-state index contributed by atoms with van der Waals surface area (Å²) >= 11 is 38.4. The van der Waals surface area contributed by atoms with Gasteiger partial charge in [-0.05, 0) is 28.1 Å². The van der Waals surface area contributed by atoms with Gasteiger partial charge in [0.15, 0.2) is 5.78 Å². The summed E-state index contributed by atoms with van der Waals surface area (Å²) in [5.74, 6) is -0.897. The van der Waals surface area contributed by atoms with Crippen LogP contribution in [-0.4, -0.2) is 5.78 Å². The first-order valence-corrected chi connectivity index (χ1v) is 11.4. The summed E-state index contributed by atoms with van der Waals surface area (Å²) in [6.45, 7) is 0. The van der Waals surface area contributed by atoms with Crippen molar-refractivity contribution in [3.05, 3.63) is 75.2 Å². The minimum atomic E-state index is -0.546. The van der Waals surface area contributed by atoms with Crippen molar-refractivity contribution < 1.29 is 44.2 Å². The van der Waals surface area contributed by atoms with Gasteiger partial charge < -0.3 is 9.84 Å². The third-order valence-corrected chi connectivity index (χ3v) is 8.33. The van der Waals surface area contributed by atoms with Gasteiger partial charge in [0.25, 0.3) is 0 Å². The number of benzene rings is 2. The Kier molecular flexibility index (Phi) is 7.95. The molecule has 4 rings (SSSR count). The Morgan fingerprint density at radius 2 is 1.53 bits per heavy atom. The van der Waals surface area contributed by atoms with Crippen molar-refractivity contribution in [1.29, 1.82) is 0 Å². The third kappa shape index (κ3) is 4.02. The van der Waals surface area contributed by atoms with Crippen LogP contribution < -0.4 is 39.4 Å². The first-order chi connectivity index (χ1) is 13.6. The predicted molar refractivity (Wildman–Crippen MR) is 121 cm³/mol. The monoisotopic (exact) mass is 638 g/mol. The van der Waals surface area contributed by atoms with E-state index in [2.05, 4.69) is 31.9 Å². The number of carbonyl (C=O) groups excluding carboxylic acids is 1. The molecule has 1 aliphatic heterocycles. The van der Waals surface area contributed by atoms with Crippen LogP contribution >= 0.6 is 89.9 Å². The molecule has 1 aliphatic carbocycles. The molecule has 2 aliphatic rings. The SMILES string of the molecule is O=C1C=CC2C(=C1)Oc1c(cc(Br)c([O-])c1Br)C2c1c(Cl)c(Cl)c(Cl)c(Cl)c1Cl.[Na+]. The van der Waals surface area contributed by atoms with E-state index in [1.54, 1.807) is 12.1 Å². The van der Waals surface area contributed by atoms with Crippen LogP contribution in [0.2, 0.25) is 25.1 Å². The Balaban J connectivity index is 0.00000256. The van der Waals surface area contributed by atoms with Gasteiger partial charge in [-0.2, -0.15) is 0 Å². The van der Waals surface area contributed by atoms with Crippen LogP contribution in [-0.2, 0) is 4.79 Å². The van der Waals surface area contributed by atoms with Crippen LogP contribution in [0.3, 0.4) is 0 Å². The molecule has 150 valence electrons. The molecule has 2 unspecified atom stereocenters. The molecular formula is C19H6Br2Cl5NaO3. The molecule has 1 heterocycles. The van der Waals surface area contributed by atoms with Crippen LogP contribution in [0.25, 0.3) is 0 Å². The zero-order valence-corrected chi connectivity index (χ0v) is 23.8. The minimum absolute atomic E-state index is 0. The van der Waals surface area contributed by atoms with Gasteiger partial charge in [-0.3, -0.25) is 4.79 Å². The van der Waals surface area contributed by atoms with Crippen molar-refractivity contribution in [2.45, 2.75) is 5.92 Å². The van der Waals surface area contributed by atoms with E-state index in [-0.39, 0.29) is 76.4 Å². The number of rotatable bonds is 1. The molecule has 0 saturated carbocycles. The Bertz CT molecular complexity index is 1140. The van der Waals surface area contributed by atoms with Crippen LogP contribution in [0.4, 0.5) is 0 Å². The third-order valence-electron chi connectivity index (χ3n) is 4.71. The van der Waals surface area contributed by atoms with Crippen LogP contribution in [0.15, 0.2) is 39.0 Å². The fraction of sp³-hybridized carbons (Fsp3) is 0.105. The number of carbonyl (C=O) groups is 1. The molecule has 0 amide bonds. The molecule has 0 radical (unpaired) electrons. The molecular weight excluding hydrogens is 636 g/mol. The molecule has 0 aromatic heterocycles. The van der Waals surface area contributed by atoms with Crippen LogP contribution in [0.5, 0.6) is 11.5 Å². The molecule has 30 heavy (non-hydrogen) atoms. The normalized spacial score (nSPS) is 19.4. The number of hydrogen-bond donors (Lipinski definition) is 0. The van der Waals surface area contributed by atoms with Crippen molar-refractivity contribution >= 4 is 95.6 Å². The molecule has 3 nitrogen and oxygen atoms in total. The first-order valence-electron chi connectivity index (χ1n) is 7.95. The topological polar surface area (TPSA) is 49.4 Å². The average Bonchev–Trinajstić information content (AvgIpc) is 2.69. The van der Waals surface area contributed by atoms with E-state index < -0.39 is 11.8 Å². The van der Waals surface area contributed by atoms with Gasteiger partial charge in [-0.15, -0.1) is 0 Å². The molecule has 0 spiro atoms. The predicted octanol–water partition coefficient (Wildman–Crippen LogP) is 4.72. The summed E-state index contributed by atoms with van der Waals surface area (Å²) in [5, 5.41) is 12.8. The summed E-state index contributed by atoms with van der Waals surface area (Å²) in [6, 6.07) is 1.64. The van der Waals surface area contributed by atoms with Crippen molar-refractivity contribution in [2.24, 2.45) is 5.92 Å². The molecule has 11 heteroatoms. The van der Waals surface area contributed by atoms with E-state index in [0.717, 1.165) is 0 Å². The first kappa shape index (κ1) is 25.2. The van der Waals surface area contributed by atoms with Gasteiger partial charge >= 0.3 is 29.6 Å². The zero-order chi connectivity index (χ0) is 21.2. The van der Waals surface area contributed by atoms with Gasteiger partial charge in [0.05, 0.1) is 29.6 Å². The molecule has 0 fully saturated rings. The fourth-order valence-electron chi connectivity index (χ4n) is 3.43. The maximum absolute atomic E-state index is 12.4. The standard InChI is InChI=1S/C19H7Br2Cl5O3.Na/c20-8-4-7-10(11-13(22)15(24)17(26)16(25)14(11)23)6-2-1-5(27)3-9(6)29-19(7)12(21)18(8)28;/h1-4,6,10,28H;/q;+1/p-1. The quantitative estimate of drug-likeness (QED) is 0.257. The number of allylic oxidation sites excluding steroid dienone is 3.